The van der Waals surface area contributed by atoms with Gasteiger partial charge in [-0.1, -0.05) is 24.3 Å². The smallest absolute Gasteiger partial charge is 0.417 e. The molecule has 1 N–H and O–H groups in total. The standard InChI is InChI=1S/C20H28N2O6/c1-19(2,3)27-17(25)21-13-9-7-12(15(21)23)14-10-8-11(13)16(24)22(14)18(26)28-20(4,5)6/h7-15,23H,1-6H3/t11-,12+,13-,14+,15-/m1/s1. The van der Waals surface area contributed by atoms with Crippen molar-refractivity contribution < 1.29 is 29.0 Å². The van der Waals surface area contributed by atoms with Crippen LogP contribution in [0.5, 0.6) is 0 Å². The lowest BCUT2D eigenvalue weighted by atomic mass is 9.78. The van der Waals surface area contributed by atoms with Gasteiger partial charge in [0.2, 0.25) is 5.91 Å². The predicted octanol–water partition coefficient (Wildman–Crippen LogP) is 2.43. The molecule has 6 rings (SSSR count). The van der Waals surface area contributed by atoms with Crippen LogP contribution < -0.4 is 0 Å². The minimum absolute atomic E-state index is 0.457. The van der Waals surface area contributed by atoms with E-state index >= 15 is 0 Å². The van der Waals surface area contributed by atoms with Crippen molar-refractivity contribution in [1.82, 2.24) is 9.80 Å². The zero-order valence-electron chi connectivity index (χ0n) is 17.1. The minimum Gasteiger partial charge on any atom is -0.444 e. The van der Waals surface area contributed by atoms with E-state index in [0.29, 0.717) is 0 Å². The SMILES string of the molecule is CC(C)(C)OC(=O)N1C(=O)[C@@H]2C=C[C@H]1[C@@H]1C=C[C@H]2N(C(=O)OC(C)(C)C)[C@@H]1O. The van der Waals surface area contributed by atoms with E-state index in [4.69, 9.17) is 9.47 Å². The fourth-order valence-corrected chi connectivity index (χ4v) is 3.72. The van der Waals surface area contributed by atoms with Crippen molar-refractivity contribution in [3.05, 3.63) is 24.3 Å². The third-order valence-electron chi connectivity index (χ3n) is 4.77. The maximum Gasteiger partial charge on any atom is 0.417 e. The monoisotopic (exact) mass is 392 g/mol. The first-order valence-corrected chi connectivity index (χ1v) is 9.42. The van der Waals surface area contributed by atoms with Crippen LogP contribution in [0.15, 0.2) is 24.3 Å². The van der Waals surface area contributed by atoms with E-state index in [1.54, 1.807) is 65.8 Å². The van der Waals surface area contributed by atoms with Gasteiger partial charge in [0.1, 0.15) is 17.4 Å². The summed E-state index contributed by atoms with van der Waals surface area (Å²) in [6.45, 7) is 10.4. The van der Waals surface area contributed by atoms with Crippen LogP contribution in [0, 0.1) is 11.8 Å². The highest BCUT2D eigenvalue weighted by atomic mass is 16.6. The van der Waals surface area contributed by atoms with E-state index in [2.05, 4.69) is 0 Å². The zero-order valence-corrected chi connectivity index (χ0v) is 17.1. The molecule has 154 valence electrons. The fraction of sp³-hybridized carbons (Fsp3) is 0.650. The Morgan fingerprint density at radius 1 is 0.893 bits per heavy atom. The fourth-order valence-electron chi connectivity index (χ4n) is 3.72. The Labute approximate surface area is 164 Å². The van der Waals surface area contributed by atoms with E-state index in [1.165, 1.54) is 4.90 Å². The number of carbonyl (C=O) groups is 3. The Hall–Kier alpha value is -2.35. The number of ether oxygens (including phenoxy) is 2. The summed E-state index contributed by atoms with van der Waals surface area (Å²) in [6.07, 6.45) is 4.21. The van der Waals surface area contributed by atoms with Crippen molar-refractivity contribution >= 4 is 18.1 Å². The van der Waals surface area contributed by atoms with Gasteiger partial charge in [0.05, 0.1) is 18.0 Å². The van der Waals surface area contributed by atoms with Crippen molar-refractivity contribution in [3.8, 4) is 0 Å². The van der Waals surface area contributed by atoms with E-state index in [0.717, 1.165) is 4.90 Å². The Morgan fingerprint density at radius 3 is 2.00 bits per heavy atom. The minimum atomic E-state index is -1.24. The molecule has 28 heavy (non-hydrogen) atoms. The highest BCUT2D eigenvalue weighted by Gasteiger charge is 2.54. The number of hydrogen-bond acceptors (Lipinski definition) is 6. The molecule has 3 amide bonds. The van der Waals surface area contributed by atoms with E-state index in [-0.39, 0.29) is 0 Å². The first kappa shape index (κ1) is 20.4. The second-order valence-electron chi connectivity index (χ2n) is 9.34. The highest BCUT2D eigenvalue weighted by molar-refractivity contribution is 5.97. The first-order chi connectivity index (χ1) is 12.8. The number of amides is 3. The number of hydrogen-bond donors (Lipinski definition) is 1. The second-order valence-corrected chi connectivity index (χ2v) is 9.34. The summed E-state index contributed by atoms with van der Waals surface area (Å²) in [5, 5.41) is 10.9. The van der Waals surface area contributed by atoms with E-state index < -0.39 is 59.4 Å². The van der Waals surface area contributed by atoms with Crippen LogP contribution in [-0.2, 0) is 14.3 Å². The summed E-state index contributed by atoms with van der Waals surface area (Å²) >= 11 is 0. The largest absolute Gasteiger partial charge is 0.444 e. The summed E-state index contributed by atoms with van der Waals surface area (Å²) in [6, 6.07) is -1.51. The lowest BCUT2D eigenvalue weighted by Crippen LogP contribution is -2.67. The zero-order chi connectivity index (χ0) is 21.0. The average molecular weight is 392 g/mol. The van der Waals surface area contributed by atoms with E-state index in [9.17, 15) is 19.5 Å². The number of carbonyl (C=O) groups excluding carboxylic acids is 3. The molecular weight excluding hydrogens is 364 g/mol. The molecule has 1 aliphatic carbocycles. The van der Waals surface area contributed by atoms with Gasteiger partial charge in [0.25, 0.3) is 0 Å². The summed E-state index contributed by atoms with van der Waals surface area (Å²) in [7, 11) is 0. The Kier molecular flexibility index (Phi) is 4.82. The normalized spacial score (nSPS) is 31.7. The lowest BCUT2D eigenvalue weighted by Gasteiger charge is -2.51. The average Bonchev–Trinajstić information content (AvgIpc) is 2.47. The van der Waals surface area contributed by atoms with E-state index in [1.807, 2.05) is 0 Å². The number of aliphatic hydroxyl groups excluding tert-OH is 1. The summed E-state index contributed by atoms with van der Waals surface area (Å²) in [4.78, 5) is 40.8. The third kappa shape index (κ3) is 3.65. The van der Waals surface area contributed by atoms with Gasteiger partial charge in [-0.3, -0.25) is 9.69 Å². The number of nitrogens with zero attached hydrogens (tertiary/aromatic N) is 2. The molecule has 8 heteroatoms. The molecule has 0 aromatic heterocycles. The summed E-state index contributed by atoms with van der Waals surface area (Å²) in [5.74, 6) is -1.96. The van der Waals surface area contributed by atoms with Crippen LogP contribution >= 0.6 is 0 Å². The third-order valence-corrected chi connectivity index (χ3v) is 4.77. The molecule has 0 saturated carbocycles. The van der Waals surface area contributed by atoms with Gasteiger partial charge < -0.3 is 14.6 Å². The molecule has 1 saturated heterocycles. The molecular formula is C20H28N2O6. The van der Waals surface area contributed by atoms with Gasteiger partial charge in [0.15, 0.2) is 0 Å². The molecule has 0 unspecified atom stereocenters. The van der Waals surface area contributed by atoms with Gasteiger partial charge >= 0.3 is 12.2 Å². The van der Waals surface area contributed by atoms with Crippen LogP contribution in [0.3, 0.4) is 0 Å². The molecule has 0 aromatic rings. The van der Waals surface area contributed by atoms with Crippen LogP contribution in [0.1, 0.15) is 41.5 Å². The van der Waals surface area contributed by atoms with Gasteiger partial charge in [0, 0.05) is 5.92 Å². The van der Waals surface area contributed by atoms with Crippen LogP contribution in [-0.4, -0.2) is 62.5 Å². The maximum atomic E-state index is 13.1. The number of aliphatic hydroxyl groups is 1. The van der Waals surface area contributed by atoms with Gasteiger partial charge in [-0.15, -0.1) is 0 Å². The van der Waals surface area contributed by atoms with Crippen molar-refractivity contribution in [3.63, 3.8) is 0 Å². The molecule has 8 nitrogen and oxygen atoms in total. The Balaban J connectivity index is 1.96. The van der Waals surface area contributed by atoms with Crippen molar-refractivity contribution in [2.75, 3.05) is 0 Å². The topological polar surface area (TPSA) is 96.4 Å². The molecule has 5 aliphatic heterocycles. The quantitative estimate of drug-likeness (QED) is 0.636. The molecule has 5 heterocycles. The van der Waals surface area contributed by atoms with Crippen molar-refractivity contribution in [2.45, 2.75) is 71.1 Å². The summed E-state index contributed by atoms with van der Waals surface area (Å²) in [5.41, 5.74) is -1.51. The van der Waals surface area contributed by atoms with Crippen molar-refractivity contribution in [1.29, 1.82) is 0 Å². The number of imide groups is 1. The van der Waals surface area contributed by atoms with Gasteiger partial charge in [-0.25, -0.2) is 14.5 Å². The molecule has 4 bridgehead atoms. The highest BCUT2D eigenvalue weighted by Crippen LogP contribution is 2.39. The molecule has 1 fully saturated rings. The summed E-state index contributed by atoms with van der Waals surface area (Å²) < 4.78 is 10.8. The Bertz CT molecular complexity index is 745. The maximum absolute atomic E-state index is 13.1. The molecule has 6 aliphatic rings. The van der Waals surface area contributed by atoms with Crippen LogP contribution in [0.4, 0.5) is 9.59 Å². The molecule has 0 aromatic carbocycles. The lowest BCUT2D eigenvalue weighted by molar-refractivity contribution is -0.148. The van der Waals surface area contributed by atoms with Crippen LogP contribution in [0.2, 0.25) is 0 Å². The molecule has 0 spiro atoms. The van der Waals surface area contributed by atoms with Gasteiger partial charge in [-0.05, 0) is 41.5 Å². The predicted molar refractivity (Wildman–Crippen MR) is 100.0 cm³/mol. The Morgan fingerprint density at radius 2 is 1.43 bits per heavy atom. The van der Waals surface area contributed by atoms with Crippen LogP contribution in [0.25, 0.3) is 0 Å². The molecule has 5 atom stereocenters. The second kappa shape index (κ2) is 6.62. The number of rotatable bonds is 0. The first-order valence-electron chi connectivity index (χ1n) is 9.42. The van der Waals surface area contributed by atoms with Crippen molar-refractivity contribution in [2.24, 2.45) is 11.8 Å². The molecule has 0 radical (unpaired) electrons. The van der Waals surface area contributed by atoms with Gasteiger partial charge in [-0.2, -0.15) is 0 Å².